The summed E-state index contributed by atoms with van der Waals surface area (Å²) in [6.07, 6.45) is 5.64. The maximum absolute atomic E-state index is 13.5. The molecule has 5 rings (SSSR count). The van der Waals surface area contributed by atoms with Crippen molar-refractivity contribution in [2.24, 2.45) is 0 Å². The molecule has 2 aromatic carbocycles. The Morgan fingerprint density at radius 2 is 1.79 bits per heavy atom. The summed E-state index contributed by atoms with van der Waals surface area (Å²) in [5.74, 6) is 0. The molecule has 3 heterocycles. The minimum atomic E-state index is -0.544. The van der Waals surface area contributed by atoms with Crippen molar-refractivity contribution in [3.8, 4) is 5.69 Å². The number of unbranched alkanes of at least 4 members (excludes halogenated alkanes) is 3. The van der Waals surface area contributed by atoms with Crippen LogP contribution in [0.4, 0.5) is 5.69 Å². The Morgan fingerprint density at radius 3 is 2.53 bits per heavy atom. The van der Waals surface area contributed by atoms with Gasteiger partial charge in [-0.1, -0.05) is 49.9 Å². The quantitative estimate of drug-likeness (QED) is 0.176. The minimum Gasteiger partial charge on any atom is -0.299 e. The zero-order chi connectivity index (χ0) is 23.8. The molecule has 0 N–H and O–H groups in total. The van der Waals surface area contributed by atoms with Gasteiger partial charge < -0.3 is 0 Å². The average Bonchev–Trinajstić information content (AvgIpc) is 3.15. The zero-order valence-electron chi connectivity index (χ0n) is 18.4. The molecule has 0 radical (unpaired) electrons. The van der Waals surface area contributed by atoms with E-state index in [0.29, 0.717) is 45.5 Å². The molecule has 9 nitrogen and oxygen atoms in total. The molecule has 0 aliphatic heterocycles. The average molecular weight is 477 g/mol. The Balaban J connectivity index is 1.81. The number of para-hydroxylation sites is 2. The lowest BCUT2D eigenvalue weighted by atomic mass is 10.2. The highest BCUT2D eigenvalue weighted by molar-refractivity contribution is 6.32. The summed E-state index contributed by atoms with van der Waals surface area (Å²) in [4.78, 5) is 38.6. The standard InChI is InChI=1S/C24H21ClN6O3/c1-2-3-4-7-12-29-14-26-22-20(24(29)32)21-23(28-18-9-6-5-8-17(18)27-21)30(22)15-10-11-16(25)19(13-15)31(33)34/h5-6,8-11,13-14H,2-4,7,12H2,1H3. The van der Waals surface area contributed by atoms with Crippen LogP contribution in [0.25, 0.3) is 38.9 Å². The summed E-state index contributed by atoms with van der Waals surface area (Å²) in [5.41, 5.74) is 2.41. The van der Waals surface area contributed by atoms with E-state index in [1.165, 1.54) is 18.5 Å². The van der Waals surface area contributed by atoms with Crippen LogP contribution in [0.15, 0.2) is 53.6 Å². The molecule has 172 valence electrons. The summed E-state index contributed by atoms with van der Waals surface area (Å²) < 4.78 is 3.24. The fraction of sp³-hybridized carbons (Fsp3) is 0.250. The van der Waals surface area contributed by atoms with E-state index in [1.54, 1.807) is 15.2 Å². The molecular weight excluding hydrogens is 456 g/mol. The van der Waals surface area contributed by atoms with Crippen molar-refractivity contribution in [1.29, 1.82) is 0 Å². The van der Waals surface area contributed by atoms with Crippen LogP contribution in [0.2, 0.25) is 5.02 Å². The predicted molar refractivity (Wildman–Crippen MR) is 132 cm³/mol. The number of halogens is 1. The zero-order valence-corrected chi connectivity index (χ0v) is 19.2. The smallest absolute Gasteiger partial charge is 0.289 e. The van der Waals surface area contributed by atoms with Crippen molar-refractivity contribution in [3.63, 3.8) is 0 Å². The second kappa shape index (κ2) is 8.83. The van der Waals surface area contributed by atoms with E-state index in [2.05, 4.69) is 11.9 Å². The lowest BCUT2D eigenvalue weighted by molar-refractivity contribution is -0.384. The largest absolute Gasteiger partial charge is 0.299 e. The first-order valence-electron chi connectivity index (χ1n) is 11.1. The third-order valence-electron chi connectivity index (χ3n) is 5.87. The highest BCUT2D eigenvalue weighted by Gasteiger charge is 2.22. The van der Waals surface area contributed by atoms with Gasteiger partial charge in [0.25, 0.3) is 11.2 Å². The van der Waals surface area contributed by atoms with Crippen molar-refractivity contribution in [2.45, 2.75) is 39.2 Å². The second-order valence-corrected chi connectivity index (χ2v) is 8.52. The maximum atomic E-state index is 13.5. The normalized spacial score (nSPS) is 11.6. The van der Waals surface area contributed by atoms with E-state index in [0.717, 1.165) is 25.7 Å². The fourth-order valence-corrected chi connectivity index (χ4v) is 4.35. The van der Waals surface area contributed by atoms with E-state index < -0.39 is 4.92 Å². The first-order valence-corrected chi connectivity index (χ1v) is 11.5. The van der Waals surface area contributed by atoms with Crippen LogP contribution in [0.5, 0.6) is 0 Å². The first kappa shape index (κ1) is 22.0. The molecule has 0 aliphatic carbocycles. The lowest BCUT2D eigenvalue weighted by Crippen LogP contribution is -2.20. The van der Waals surface area contributed by atoms with E-state index >= 15 is 0 Å². The number of fused-ring (bicyclic) bond motifs is 4. The maximum Gasteiger partial charge on any atom is 0.289 e. The van der Waals surface area contributed by atoms with Crippen molar-refractivity contribution in [1.82, 2.24) is 24.1 Å². The number of hydrogen-bond donors (Lipinski definition) is 0. The molecule has 10 heteroatoms. The number of benzene rings is 2. The van der Waals surface area contributed by atoms with Crippen LogP contribution in [-0.2, 0) is 6.54 Å². The Hall–Kier alpha value is -3.85. The number of aryl methyl sites for hydroxylation is 1. The van der Waals surface area contributed by atoms with Crippen LogP contribution in [0, 0.1) is 10.1 Å². The number of nitrogens with zero attached hydrogens (tertiary/aromatic N) is 6. The van der Waals surface area contributed by atoms with Gasteiger partial charge in [0.15, 0.2) is 11.3 Å². The van der Waals surface area contributed by atoms with Crippen molar-refractivity contribution >= 4 is 50.5 Å². The molecule has 3 aromatic heterocycles. The highest BCUT2D eigenvalue weighted by Crippen LogP contribution is 2.32. The van der Waals surface area contributed by atoms with Gasteiger partial charge in [0.05, 0.1) is 28.0 Å². The van der Waals surface area contributed by atoms with Gasteiger partial charge in [-0.15, -0.1) is 0 Å². The summed E-state index contributed by atoms with van der Waals surface area (Å²) in [6, 6.07) is 11.8. The van der Waals surface area contributed by atoms with Crippen LogP contribution < -0.4 is 5.56 Å². The van der Waals surface area contributed by atoms with Gasteiger partial charge in [-0.2, -0.15) is 0 Å². The number of hydrogen-bond acceptors (Lipinski definition) is 6. The SMILES string of the molecule is CCCCCCn1cnc2c(c1=O)c1nc3ccccc3nc1n2-c1ccc(Cl)c([N+](=O)[O-])c1. The van der Waals surface area contributed by atoms with Gasteiger partial charge in [-0.05, 0) is 30.7 Å². The lowest BCUT2D eigenvalue weighted by Gasteiger charge is -2.08. The molecule has 0 bridgehead atoms. The fourth-order valence-electron chi connectivity index (χ4n) is 4.16. The number of nitro groups is 1. The number of nitro benzene ring substituents is 1. The predicted octanol–water partition coefficient (Wildman–Crippen LogP) is 5.43. The summed E-state index contributed by atoms with van der Waals surface area (Å²) in [7, 11) is 0. The summed E-state index contributed by atoms with van der Waals surface area (Å²) in [6.45, 7) is 2.70. The minimum absolute atomic E-state index is 0.0217. The van der Waals surface area contributed by atoms with Crippen molar-refractivity contribution < 1.29 is 4.92 Å². The third-order valence-corrected chi connectivity index (χ3v) is 6.19. The van der Waals surface area contributed by atoms with E-state index in [4.69, 9.17) is 21.6 Å². The Morgan fingerprint density at radius 1 is 1.03 bits per heavy atom. The Kier molecular flexibility index (Phi) is 5.70. The molecule has 0 atom stereocenters. The molecule has 34 heavy (non-hydrogen) atoms. The highest BCUT2D eigenvalue weighted by atomic mass is 35.5. The van der Waals surface area contributed by atoms with Crippen molar-refractivity contribution in [2.75, 3.05) is 0 Å². The molecule has 0 amide bonds. The van der Waals surface area contributed by atoms with Gasteiger partial charge in [0, 0.05) is 12.6 Å². The van der Waals surface area contributed by atoms with Crippen LogP contribution in [0.3, 0.4) is 0 Å². The second-order valence-electron chi connectivity index (χ2n) is 8.12. The van der Waals surface area contributed by atoms with Gasteiger partial charge in [-0.3, -0.25) is 24.0 Å². The monoisotopic (exact) mass is 476 g/mol. The Bertz CT molecular complexity index is 1620. The van der Waals surface area contributed by atoms with Crippen LogP contribution in [0.1, 0.15) is 32.6 Å². The molecule has 0 saturated heterocycles. The van der Waals surface area contributed by atoms with E-state index in [-0.39, 0.29) is 16.3 Å². The number of aromatic nitrogens is 5. The van der Waals surface area contributed by atoms with Gasteiger partial charge >= 0.3 is 0 Å². The number of rotatable bonds is 7. The van der Waals surface area contributed by atoms with Crippen LogP contribution in [-0.4, -0.2) is 29.0 Å². The van der Waals surface area contributed by atoms with Crippen molar-refractivity contribution in [3.05, 3.63) is 74.3 Å². The molecule has 0 fully saturated rings. The van der Waals surface area contributed by atoms with Crippen LogP contribution >= 0.6 is 11.6 Å². The Labute approximate surface area is 198 Å². The topological polar surface area (TPSA) is 109 Å². The molecule has 0 unspecified atom stereocenters. The summed E-state index contributed by atoms with van der Waals surface area (Å²) >= 11 is 6.04. The molecule has 5 aromatic rings. The molecular formula is C24H21ClN6O3. The first-order chi connectivity index (χ1) is 16.5. The van der Waals surface area contributed by atoms with Gasteiger partial charge in [0.2, 0.25) is 0 Å². The van der Waals surface area contributed by atoms with Gasteiger partial charge in [-0.25, -0.2) is 15.0 Å². The molecule has 0 saturated carbocycles. The van der Waals surface area contributed by atoms with E-state index in [9.17, 15) is 14.9 Å². The third kappa shape index (κ3) is 3.67. The van der Waals surface area contributed by atoms with Gasteiger partial charge in [0.1, 0.15) is 15.9 Å². The van der Waals surface area contributed by atoms with E-state index in [1.807, 2.05) is 24.3 Å². The summed E-state index contributed by atoms with van der Waals surface area (Å²) in [5, 5.41) is 11.9. The molecule has 0 spiro atoms. The molecule has 0 aliphatic rings.